The quantitative estimate of drug-likeness (QED) is 0.500. The molecule has 0 saturated carbocycles. The molecule has 0 fully saturated rings. The first-order valence-electron chi connectivity index (χ1n) is 2.83. The average molecular weight is 110 g/mol. The number of hydrogen-bond acceptors (Lipinski definition) is 1. The Hall–Kier alpha value is -0.720. The second kappa shape index (κ2) is 2.55. The summed E-state index contributed by atoms with van der Waals surface area (Å²) >= 11 is 0. The summed E-state index contributed by atoms with van der Waals surface area (Å²) in [6, 6.07) is 0. The molecule has 1 aliphatic carbocycles. The van der Waals surface area contributed by atoms with E-state index in [4.69, 9.17) is 4.74 Å². The highest BCUT2D eigenvalue weighted by atomic mass is 16.5. The molecule has 0 radical (unpaired) electrons. The zero-order valence-corrected chi connectivity index (χ0v) is 5.05. The number of allylic oxidation sites excluding steroid dienone is 4. The third-order valence-corrected chi connectivity index (χ3v) is 1.24. The van der Waals surface area contributed by atoms with Crippen LogP contribution in [0.25, 0.3) is 0 Å². The lowest BCUT2D eigenvalue weighted by Gasteiger charge is -2.05. The van der Waals surface area contributed by atoms with Crippen LogP contribution in [0.4, 0.5) is 0 Å². The van der Waals surface area contributed by atoms with Crippen LogP contribution in [0.3, 0.4) is 0 Å². The lowest BCUT2D eigenvalue weighted by atomic mass is 10.2. The summed E-state index contributed by atoms with van der Waals surface area (Å²) in [6.07, 6.45) is 8.36. The van der Waals surface area contributed by atoms with Gasteiger partial charge in [0.25, 0.3) is 0 Å². The molecule has 8 heavy (non-hydrogen) atoms. The van der Waals surface area contributed by atoms with E-state index in [1.807, 2.05) is 12.2 Å². The standard InChI is InChI=1S/C7H10O/c1-8-7-5-3-2-4-6-7/h2-3,5H,4,6H2,1H3. The zero-order valence-electron chi connectivity index (χ0n) is 5.05. The fourth-order valence-corrected chi connectivity index (χ4v) is 0.751. The molecule has 0 aromatic heterocycles. The molecular formula is C7H10O. The van der Waals surface area contributed by atoms with Crippen molar-refractivity contribution in [3.63, 3.8) is 0 Å². The van der Waals surface area contributed by atoms with Crippen LogP contribution < -0.4 is 0 Å². The van der Waals surface area contributed by atoms with E-state index >= 15 is 0 Å². The molecule has 44 valence electrons. The van der Waals surface area contributed by atoms with Gasteiger partial charge in [-0.3, -0.25) is 0 Å². The van der Waals surface area contributed by atoms with Crippen molar-refractivity contribution in [3.05, 3.63) is 24.0 Å². The summed E-state index contributed by atoms with van der Waals surface area (Å²) in [6.45, 7) is 0. The van der Waals surface area contributed by atoms with Gasteiger partial charge in [0.2, 0.25) is 0 Å². The predicted octanol–water partition coefficient (Wildman–Crippen LogP) is 1.87. The van der Waals surface area contributed by atoms with Gasteiger partial charge in [0.15, 0.2) is 0 Å². The highest BCUT2D eigenvalue weighted by Crippen LogP contribution is 2.10. The first-order valence-corrected chi connectivity index (χ1v) is 2.83. The maximum absolute atomic E-state index is 5.00. The summed E-state index contributed by atoms with van der Waals surface area (Å²) in [5, 5.41) is 0. The van der Waals surface area contributed by atoms with Crippen molar-refractivity contribution >= 4 is 0 Å². The van der Waals surface area contributed by atoms with Gasteiger partial charge in [0.1, 0.15) is 0 Å². The van der Waals surface area contributed by atoms with Crippen LogP contribution in [0.2, 0.25) is 0 Å². The van der Waals surface area contributed by atoms with Gasteiger partial charge in [-0.2, -0.15) is 0 Å². The van der Waals surface area contributed by atoms with Crippen LogP contribution >= 0.6 is 0 Å². The fraction of sp³-hybridized carbons (Fsp3) is 0.429. The monoisotopic (exact) mass is 110 g/mol. The van der Waals surface area contributed by atoms with Crippen molar-refractivity contribution in [1.82, 2.24) is 0 Å². The normalized spacial score (nSPS) is 17.9. The summed E-state index contributed by atoms with van der Waals surface area (Å²) in [5.41, 5.74) is 0. The minimum atomic E-state index is 1.06. The molecule has 0 atom stereocenters. The molecule has 0 unspecified atom stereocenters. The number of hydrogen-bond donors (Lipinski definition) is 0. The zero-order chi connectivity index (χ0) is 5.82. The molecule has 1 rings (SSSR count). The molecule has 1 nitrogen and oxygen atoms in total. The molecule has 0 N–H and O–H groups in total. The highest BCUT2D eigenvalue weighted by Gasteiger charge is 1.94. The second-order valence-corrected chi connectivity index (χ2v) is 1.80. The van der Waals surface area contributed by atoms with E-state index in [1.165, 1.54) is 0 Å². The smallest absolute Gasteiger partial charge is 0.0958 e. The minimum absolute atomic E-state index is 1.06. The second-order valence-electron chi connectivity index (χ2n) is 1.80. The Bertz CT molecular complexity index is 122. The van der Waals surface area contributed by atoms with Crippen molar-refractivity contribution in [2.24, 2.45) is 0 Å². The predicted molar refractivity (Wildman–Crippen MR) is 33.5 cm³/mol. The van der Waals surface area contributed by atoms with Crippen molar-refractivity contribution in [2.45, 2.75) is 12.8 Å². The van der Waals surface area contributed by atoms with Crippen LogP contribution in [0.5, 0.6) is 0 Å². The van der Waals surface area contributed by atoms with Crippen molar-refractivity contribution < 1.29 is 4.74 Å². The van der Waals surface area contributed by atoms with Gasteiger partial charge in [0, 0.05) is 6.42 Å². The first-order chi connectivity index (χ1) is 3.93. The van der Waals surface area contributed by atoms with Crippen LogP contribution in [-0.4, -0.2) is 7.11 Å². The Balaban J connectivity index is 2.50. The highest BCUT2D eigenvalue weighted by molar-refractivity contribution is 5.12. The summed E-state index contributed by atoms with van der Waals surface area (Å²) < 4.78 is 5.00. The van der Waals surface area contributed by atoms with Crippen molar-refractivity contribution in [1.29, 1.82) is 0 Å². The summed E-state index contributed by atoms with van der Waals surface area (Å²) in [7, 11) is 1.71. The maximum Gasteiger partial charge on any atom is 0.0958 e. The van der Waals surface area contributed by atoms with Crippen LogP contribution in [0.15, 0.2) is 24.0 Å². The number of rotatable bonds is 1. The van der Waals surface area contributed by atoms with Crippen LogP contribution in [0.1, 0.15) is 12.8 Å². The molecule has 0 saturated heterocycles. The van der Waals surface area contributed by atoms with Gasteiger partial charge in [-0.15, -0.1) is 0 Å². The first kappa shape index (κ1) is 5.42. The summed E-state index contributed by atoms with van der Waals surface area (Å²) in [4.78, 5) is 0. The van der Waals surface area contributed by atoms with Crippen molar-refractivity contribution in [3.8, 4) is 0 Å². The molecule has 1 aliphatic rings. The van der Waals surface area contributed by atoms with Crippen LogP contribution in [-0.2, 0) is 4.74 Å². The lowest BCUT2D eigenvalue weighted by Crippen LogP contribution is -1.87. The van der Waals surface area contributed by atoms with E-state index < -0.39 is 0 Å². The molecule has 0 heterocycles. The molecule has 0 aromatic rings. The van der Waals surface area contributed by atoms with Gasteiger partial charge in [-0.25, -0.2) is 0 Å². The SMILES string of the molecule is COC1=CC=CCC1. The van der Waals surface area contributed by atoms with E-state index in [-0.39, 0.29) is 0 Å². The third kappa shape index (κ3) is 1.12. The van der Waals surface area contributed by atoms with E-state index in [0.717, 1.165) is 18.6 Å². The molecule has 0 aliphatic heterocycles. The van der Waals surface area contributed by atoms with E-state index in [0.29, 0.717) is 0 Å². The average Bonchev–Trinajstić information content (AvgIpc) is 1.90. The number of ether oxygens (including phenoxy) is 1. The molecule has 0 bridgehead atoms. The van der Waals surface area contributed by atoms with Gasteiger partial charge in [-0.05, 0) is 12.5 Å². The Morgan fingerprint density at radius 2 is 2.50 bits per heavy atom. The largest absolute Gasteiger partial charge is 0.501 e. The molecule has 0 aromatic carbocycles. The van der Waals surface area contributed by atoms with E-state index in [1.54, 1.807) is 7.11 Å². The van der Waals surface area contributed by atoms with Crippen LogP contribution in [0, 0.1) is 0 Å². The Labute approximate surface area is 49.7 Å². The maximum atomic E-state index is 5.00. The van der Waals surface area contributed by atoms with E-state index in [2.05, 4.69) is 6.08 Å². The number of methoxy groups -OCH3 is 1. The van der Waals surface area contributed by atoms with Gasteiger partial charge in [-0.1, -0.05) is 12.2 Å². The summed E-state index contributed by atoms with van der Waals surface area (Å²) in [5.74, 6) is 1.09. The molecule has 0 amide bonds. The molecular weight excluding hydrogens is 100 g/mol. The Kier molecular flexibility index (Phi) is 1.73. The Morgan fingerprint density at radius 3 is 2.88 bits per heavy atom. The third-order valence-electron chi connectivity index (χ3n) is 1.24. The van der Waals surface area contributed by atoms with Gasteiger partial charge < -0.3 is 4.74 Å². The van der Waals surface area contributed by atoms with E-state index in [9.17, 15) is 0 Å². The molecule has 1 heteroatoms. The topological polar surface area (TPSA) is 9.23 Å². The van der Waals surface area contributed by atoms with Gasteiger partial charge in [0.05, 0.1) is 12.9 Å². The lowest BCUT2D eigenvalue weighted by molar-refractivity contribution is 0.276. The fourth-order valence-electron chi connectivity index (χ4n) is 0.751. The Morgan fingerprint density at radius 1 is 1.62 bits per heavy atom. The minimum Gasteiger partial charge on any atom is -0.501 e. The van der Waals surface area contributed by atoms with Crippen molar-refractivity contribution in [2.75, 3.05) is 7.11 Å². The van der Waals surface area contributed by atoms with Gasteiger partial charge >= 0.3 is 0 Å². The molecule has 0 spiro atoms.